The zero-order chi connectivity index (χ0) is 24.9. The molecule has 7 nitrogen and oxygen atoms in total. The standard InChI is InChI=1S/C23H14ClF3N4O3/c1-13-21(12-30)19(31)34-22(13,15-4-6-16(24)7-5-15)33-18(20(21,10-28)11-29)14-2-8-17(9-3-14)32-23(25,26)27/h2-9,13,18,31H,1H3. The summed E-state index contributed by atoms with van der Waals surface area (Å²) in [5, 5.41) is 39.5. The summed E-state index contributed by atoms with van der Waals surface area (Å²) in [6, 6.07) is 16.4. The summed E-state index contributed by atoms with van der Waals surface area (Å²) in [5.74, 6) is -3.85. The highest BCUT2D eigenvalue weighted by atomic mass is 35.5. The summed E-state index contributed by atoms with van der Waals surface area (Å²) in [6.07, 6.45) is -6.37. The quantitative estimate of drug-likeness (QED) is 0.623. The number of ether oxygens (including phenoxy) is 3. The largest absolute Gasteiger partial charge is 0.573 e. The van der Waals surface area contributed by atoms with Crippen LogP contribution in [0.4, 0.5) is 13.2 Å². The van der Waals surface area contributed by atoms with Crippen molar-refractivity contribution in [3.05, 3.63) is 64.7 Å². The van der Waals surface area contributed by atoms with Crippen molar-refractivity contribution in [2.45, 2.75) is 25.2 Å². The van der Waals surface area contributed by atoms with Crippen LogP contribution in [0.2, 0.25) is 5.02 Å². The van der Waals surface area contributed by atoms with Crippen LogP contribution in [0.1, 0.15) is 24.2 Å². The van der Waals surface area contributed by atoms with Crippen LogP contribution in [-0.2, 0) is 15.3 Å². The van der Waals surface area contributed by atoms with Crippen LogP contribution >= 0.6 is 11.6 Å². The van der Waals surface area contributed by atoms with Crippen LogP contribution in [0.5, 0.6) is 5.75 Å². The zero-order valence-corrected chi connectivity index (χ0v) is 18.1. The minimum Gasteiger partial charge on any atom is -0.443 e. The van der Waals surface area contributed by atoms with E-state index in [0.717, 1.165) is 12.1 Å². The molecule has 0 amide bonds. The molecule has 2 saturated heterocycles. The number of nitriles is 3. The van der Waals surface area contributed by atoms with Crippen molar-refractivity contribution in [2.24, 2.45) is 16.7 Å². The zero-order valence-electron chi connectivity index (χ0n) is 17.4. The predicted octanol–water partition coefficient (Wildman–Crippen LogP) is 5.35. The molecular formula is C23H14ClF3N4O3. The summed E-state index contributed by atoms with van der Waals surface area (Å²) in [5.41, 5.74) is -3.78. The molecule has 0 saturated carbocycles. The Labute approximate surface area is 196 Å². The first-order valence-electron chi connectivity index (χ1n) is 9.81. The van der Waals surface area contributed by atoms with E-state index in [-0.39, 0.29) is 5.56 Å². The monoisotopic (exact) mass is 486 g/mol. The summed E-state index contributed by atoms with van der Waals surface area (Å²) >= 11 is 5.99. The number of hydrogen-bond donors (Lipinski definition) is 1. The fourth-order valence-electron chi connectivity index (χ4n) is 4.70. The van der Waals surface area contributed by atoms with Gasteiger partial charge in [0, 0.05) is 10.6 Å². The third-order valence-electron chi connectivity index (χ3n) is 6.33. The lowest BCUT2D eigenvalue weighted by molar-refractivity contribution is -0.288. The van der Waals surface area contributed by atoms with Crippen LogP contribution in [0.25, 0.3) is 0 Å². The van der Waals surface area contributed by atoms with Crippen molar-refractivity contribution in [1.29, 1.82) is 21.2 Å². The van der Waals surface area contributed by atoms with Crippen molar-refractivity contribution >= 4 is 17.5 Å². The number of nitrogens with one attached hydrogen (secondary N) is 1. The molecule has 2 aliphatic rings. The van der Waals surface area contributed by atoms with Gasteiger partial charge in [-0.15, -0.1) is 13.2 Å². The smallest absolute Gasteiger partial charge is 0.443 e. The van der Waals surface area contributed by atoms with Crippen molar-refractivity contribution in [3.63, 3.8) is 0 Å². The Morgan fingerprint density at radius 2 is 1.59 bits per heavy atom. The van der Waals surface area contributed by atoms with Crippen molar-refractivity contribution in [3.8, 4) is 24.0 Å². The highest BCUT2D eigenvalue weighted by molar-refractivity contribution is 6.30. The van der Waals surface area contributed by atoms with Gasteiger partial charge in [-0.05, 0) is 29.8 Å². The van der Waals surface area contributed by atoms with Gasteiger partial charge in [0.2, 0.25) is 17.1 Å². The third-order valence-corrected chi connectivity index (χ3v) is 6.58. The van der Waals surface area contributed by atoms with E-state index in [1.165, 1.54) is 12.1 Å². The van der Waals surface area contributed by atoms with Crippen LogP contribution in [0.15, 0.2) is 48.5 Å². The van der Waals surface area contributed by atoms with Gasteiger partial charge < -0.3 is 14.2 Å². The molecule has 1 N–H and O–H groups in total. The Kier molecular flexibility index (Phi) is 5.25. The van der Waals surface area contributed by atoms with Crippen LogP contribution in [-0.4, -0.2) is 12.3 Å². The molecule has 2 fully saturated rings. The molecule has 0 radical (unpaired) electrons. The van der Waals surface area contributed by atoms with Crippen molar-refractivity contribution in [2.75, 3.05) is 0 Å². The Morgan fingerprint density at radius 3 is 2.09 bits per heavy atom. The lowest BCUT2D eigenvalue weighted by Gasteiger charge is -2.48. The van der Waals surface area contributed by atoms with Crippen molar-refractivity contribution in [1.82, 2.24) is 0 Å². The first kappa shape index (κ1) is 23.4. The third kappa shape index (κ3) is 3.02. The van der Waals surface area contributed by atoms with E-state index in [1.807, 2.05) is 18.2 Å². The van der Waals surface area contributed by atoms with Crippen LogP contribution in [0, 0.1) is 56.2 Å². The van der Waals surface area contributed by atoms with E-state index in [1.54, 1.807) is 31.2 Å². The average Bonchev–Trinajstić information content (AvgIpc) is 2.95. The predicted molar refractivity (Wildman–Crippen MR) is 110 cm³/mol. The molecule has 4 rings (SSSR count). The van der Waals surface area contributed by atoms with Gasteiger partial charge >= 0.3 is 6.36 Å². The first-order chi connectivity index (χ1) is 16.0. The average molecular weight is 487 g/mol. The second-order valence-corrected chi connectivity index (χ2v) is 8.33. The topological polar surface area (TPSA) is 123 Å². The lowest BCUT2D eigenvalue weighted by Crippen LogP contribution is -2.57. The first-order valence-corrected chi connectivity index (χ1v) is 10.2. The molecule has 172 valence electrons. The molecule has 2 bridgehead atoms. The molecule has 11 heteroatoms. The van der Waals surface area contributed by atoms with Gasteiger partial charge in [-0.25, -0.2) is 0 Å². The van der Waals surface area contributed by atoms with Gasteiger partial charge in [0.25, 0.3) is 0 Å². The summed E-state index contributed by atoms with van der Waals surface area (Å²) in [6.45, 7) is 1.54. The minimum absolute atomic E-state index is 0.126. The number of alkyl halides is 3. The van der Waals surface area contributed by atoms with Gasteiger partial charge in [-0.3, -0.25) is 5.41 Å². The van der Waals surface area contributed by atoms with Gasteiger partial charge in [0.05, 0.1) is 24.1 Å². The fourth-order valence-corrected chi connectivity index (χ4v) is 4.82. The number of rotatable bonds is 3. The number of fused-ring (bicyclic) bond motifs is 2. The number of benzene rings is 2. The molecule has 2 aromatic carbocycles. The molecule has 2 heterocycles. The Hall–Kier alpha value is -3.78. The molecule has 34 heavy (non-hydrogen) atoms. The van der Waals surface area contributed by atoms with Crippen molar-refractivity contribution < 1.29 is 27.4 Å². The van der Waals surface area contributed by atoms with Gasteiger partial charge in [-0.2, -0.15) is 15.8 Å². The summed E-state index contributed by atoms with van der Waals surface area (Å²) in [4.78, 5) is 0. The molecule has 4 atom stereocenters. The van der Waals surface area contributed by atoms with E-state index in [9.17, 15) is 29.0 Å². The highest BCUT2D eigenvalue weighted by Gasteiger charge is 2.79. The van der Waals surface area contributed by atoms with Gasteiger partial charge in [0.15, 0.2) is 5.41 Å². The van der Waals surface area contributed by atoms with Crippen LogP contribution < -0.4 is 4.74 Å². The fraction of sp³-hybridized carbons (Fsp3) is 0.304. The maximum absolute atomic E-state index is 12.6. The minimum atomic E-state index is -4.91. The van der Waals surface area contributed by atoms with E-state index < -0.39 is 46.6 Å². The number of nitrogens with zero attached hydrogens (tertiary/aromatic N) is 3. The van der Waals surface area contributed by atoms with E-state index in [0.29, 0.717) is 10.6 Å². The summed E-state index contributed by atoms with van der Waals surface area (Å²) < 4.78 is 53.7. The van der Waals surface area contributed by atoms with Crippen LogP contribution in [0.3, 0.4) is 0 Å². The SMILES string of the molecule is CC1C2(c3ccc(Cl)cc3)OC(=N)C1(C#N)C(C#N)(C#N)C(c1ccc(OC(F)(F)F)cc1)O2. The highest BCUT2D eigenvalue weighted by Crippen LogP contribution is 2.69. The van der Waals surface area contributed by atoms with E-state index in [4.69, 9.17) is 26.5 Å². The number of hydrogen-bond acceptors (Lipinski definition) is 7. The summed E-state index contributed by atoms with van der Waals surface area (Å²) in [7, 11) is 0. The maximum atomic E-state index is 12.6. The second-order valence-electron chi connectivity index (χ2n) is 7.89. The van der Waals surface area contributed by atoms with Gasteiger partial charge in [0.1, 0.15) is 11.9 Å². The molecule has 0 aromatic heterocycles. The Balaban J connectivity index is 1.92. The molecule has 2 aliphatic heterocycles. The second kappa shape index (κ2) is 7.63. The molecule has 0 aliphatic carbocycles. The Bertz CT molecular complexity index is 1260. The Morgan fingerprint density at radius 1 is 1.00 bits per heavy atom. The molecule has 4 unspecified atom stereocenters. The molecular weight excluding hydrogens is 473 g/mol. The van der Waals surface area contributed by atoms with Gasteiger partial charge in [-0.1, -0.05) is 42.8 Å². The van der Waals surface area contributed by atoms with E-state index in [2.05, 4.69) is 4.74 Å². The normalized spacial score (nSPS) is 29.3. The molecule has 0 spiro atoms. The van der Waals surface area contributed by atoms with E-state index >= 15 is 0 Å². The lowest BCUT2D eigenvalue weighted by atomic mass is 9.53. The molecule has 2 aromatic rings. The maximum Gasteiger partial charge on any atom is 0.573 e. The number of halogens is 4.